The first kappa shape index (κ1) is 23.3. The summed E-state index contributed by atoms with van der Waals surface area (Å²) in [5.74, 6) is 0.323. The second-order valence-electron chi connectivity index (χ2n) is 10.4. The molecule has 2 aromatic carbocycles. The van der Waals surface area contributed by atoms with Crippen molar-refractivity contribution in [2.24, 2.45) is 0 Å². The fourth-order valence-electron chi connectivity index (χ4n) is 4.39. The van der Waals surface area contributed by atoms with Gasteiger partial charge in [-0.1, -0.05) is 53.7 Å². The highest BCUT2D eigenvalue weighted by Gasteiger charge is 2.26. The SMILES string of the molecule is Cc1cc(C(CCCO)c2cc(C)c(C(C)(C)C)cc2O)c(O)cc1C(C)(C)C. The zero-order valence-electron chi connectivity index (χ0n) is 19.3. The highest BCUT2D eigenvalue weighted by atomic mass is 16.3. The number of benzene rings is 2. The van der Waals surface area contributed by atoms with Crippen LogP contribution in [0, 0.1) is 13.8 Å². The van der Waals surface area contributed by atoms with Gasteiger partial charge < -0.3 is 15.3 Å². The van der Waals surface area contributed by atoms with Crippen molar-refractivity contribution in [3.05, 3.63) is 57.6 Å². The lowest BCUT2D eigenvalue weighted by Crippen LogP contribution is -2.15. The zero-order chi connectivity index (χ0) is 22.1. The molecule has 2 aromatic rings. The van der Waals surface area contributed by atoms with Gasteiger partial charge in [-0.15, -0.1) is 0 Å². The van der Waals surface area contributed by atoms with Crippen molar-refractivity contribution in [3.63, 3.8) is 0 Å². The molecular formula is C26H38O3. The maximum absolute atomic E-state index is 10.9. The topological polar surface area (TPSA) is 60.7 Å². The third-order valence-corrected chi connectivity index (χ3v) is 5.77. The summed E-state index contributed by atoms with van der Waals surface area (Å²) in [4.78, 5) is 0. The number of rotatable bonds is 5. The molecule has 0 heterocycles. The predicted molar refractivity (Wildman–Crippen MR) is 121 cm³/mol. The minimum atomic E-state index is -0.178. The minimum absolute atomic E-state index is 0.0617. The molecule has 0 amide bonds. The molecule has 0 spiro atoms. The van der Waals surface area contributed by atoms with E-state index >= 15 is 0 Å². The van der Waals surface area contributed by atoms with Crippen LogP contribution in [0.4, 0.5) is 0 Å². The van der Waals surface area contributed by atoms with Crippen LogP contribution in [0.25, 0.3) is 0 Å². The van der Waals surface area contributed by atoms with E-state index in [4.69, 9.17) is 0 Å². The lowest BCUT2D eigenvalue weighted by molar-refractivity contribution is 0.281. The summed E-state index contributed by atoms with van der Waals surface area (Å²) >= 11 is 0. The molecule has 0 aliphatic rings. The van der Waals surface area contributed by atoms with Crippen LogP contribution in [0.2, 0.25) is 0 Å². The van der Waals surface area contributed by atoms with Crippen LogP contribution in [0.1, 0.15) is 93.7 Å². The average Bonchev–Trinajstić information content (AvgIpc) is 2.58. The highest BCUT2D eigenvalue weighted by molar-refractivity contribution is 5.53. The van der Waals surface area contributed by atoms with E-state index in [1.54, 1.807) is 0 Å². The first-order valence-electron chi connectivity index (χ1n) is 10.6. The second kappa shape index (κ2) is 8.39. The molecule has 0 saturated carbocycles. The van der Waals surface area contributed by atoms with Crippen molar-refractivity contribution in [3.8, 4) is 11.5 Å². The highest BCUT2D eigenvalue weighted by Crippen LogP contribution is 2.43. The largest absolute Gasteiger partial charge is 0.508 e. The standard InChI is InChI=1S/C26H38O3/c1-16-12-19(23(28)14-21(16)25(3,4)5)18(10-9-11-27)20-13-17(2)22(15-24(20)29)26(6,7)8/h12-15,18,27-29H,9-11H2,1-8H3. The Hall–Kier alpha value is -2.00. The summed E-state index contributed by atoms with van der Waals surface area (Å²) in [6.07, 6.45) is 1.25. The van der Waals surface area contributed by atoms with E-state index in [9.17, 15) is 15.3 Å². The Balaban J connectivity index is 2.65. The molecule has 3 N–H and O–H groups in total. The molecule has 160 valence electrons. The maximum Gasteiger partial charge on any atom is 0.119 e. The second-order valence-corrected chi connectivity index (χ2v) is 10.4. The van der Waals surface area contributed by atoms with E-state index in [-0.39, 0.29) is 34.9 Å². The van der Waals surface area contributed by atoms with Crippen LogP contribution in [-0.4, -0.2) is 21.9 Å². The summed E-state index contributed by atoms with van der Waals surface area (Å²) < 4.78 is 0. The monoisotopic (exact) mass is 398 g/mol. The van der Waals surface area contributed by atoms with Gasteiger partial charge in [0.1, 0.15) is 11.5 Å². The number of aryl methyl sites for hydroxylation is 2. The minimum Gasteiger partial charge on any atom is -0.508 e. The number of phenolic OH excluding ortho intramolecular Hbond substituents is 2. The predicted octanol–water partition coefficient (Wildman–Crippen LogP) is 6.21. The fourth-order valence-corrected chi connectivity index (χ4v) is 4.39. The molecule has 0 bridgehead atoms. The molecule has 0 atom stereocenters. The Morgan fingerprint density at radius 3 is 1.41 bits per heavy atom. The molecule has 0 fully saturated rings. The summed E-state index contributed by atoms with van der Waals surface area (Å²) in [5, 5.41) is 31.3. The van der Waals surface area contributed by atoms with Crippen LogP contribution in [0.15, 0.2) is 24.3 Å². The van der Waals surface area contributed by atoms with Gasteiger partial charge in [0, 0.05) is 23.7 Å². The molecule has 29 heavy (non-hydrogen) atoms. The van der Waals surface area contributed by atoms with Gasteiger partial charge in [0.05, 0.1) is 0 Å². The van der Waals surface area contributed by atoms with E-state index in [0.717, 1.165) is 33.4 Å². The first-order chi connectivity index (χ1) is 13.3. The molecule has 0 aliphatic heterocycles. The Morgan fingerprint density at radius 1 is 0.724 bits per heavy atom. The van der Waals surface area contributed by atoms with E-state index in [0.29, 0.717) is 12.8 Å². The van der Waals surface area contributed by atoms with E-state index in [1.165, 1.54) is 0 Å². The van der Waals surface area contributed by atoms with E-state index < -0.39 is 0 Å². The van der Waals surface area contributed by atoms with Crippen molar-refractivity contribution in [2.45, 2.75) is 85.0 Å². The fraction of sp³-hybridized carbons (Fsp3) is 0.538. The van der Waals surface area contributed by atoms with Gasteiger partial charge in [-0.05, 0) is 71.9 Å². The third kappa shape index (κ3) is 5.14. The lowest BCUT2D eigenvalue weighted by atomic mass is 9.78. The molecule has 0 unspecified atom stereocenters. The molecule has 3 heteroatoms. The van der Waals surface area contributed by atoms with Crippen molar-refractivity contribution < 1.29 is 15.3 Å². The van der Waals surface area contributed by atoms with Crippen LogP contribution in [0.5, 0.6) is 11.5 Å². The summed E-state index contributed by atoms with van der Waals surface area (Å²) in [6.45, 7) is 17.0. The van der Waals surface area contributed by atoms with Crippen molar-refractivity contribution in [1.29, 1.82) is 0 Å². The molecule has 0 radical (unpaired) electrons. The number of aliphatic hydroxyl groups is 1. The molecule has 0 saturated heterocycles. The van der Waals surface area contributed by atoms with Crippen molar-refractivity contribution in [2.75, 3.05) is 6.61 Å². The van der Waals surface area contributed by atoms with E-state index in [1.807, 2.05) is 24.3 Å². The van der Waals surface area contributed by atoms with E-state index in [2.05, 4.69) is 55.4 Å². The van der Waals surface area contributed by atoms with Crippen LogP contribution in [0.3, 0.4) is 0 Å². The van der Waals surface area contributed by atoms with Crippen LogP contribution < -0.4 is 0 Å². The van der Waals surface area contributed by atoms with Gasteiger partial charge >= 0.3 is 0 Å². The molecule has 2 rings (SSSR count). The number of aliphatic hydroxyl groups excluding tert-OH is 1. The van der Waals surface area contributed by atoms with Crippen LogP contribution in [-0.2, 0) is 10.8 Å². The maximum atomic E-state index is 10.9. The summed E-state index contributed by atoms with van der Waals surface area (Å²) in [6, 6.07) is 7.82. The summed E-state index contributed by atoms with van der Waals surface area (Å²) in [5.41, 5.74) is 5.97. The third-order valence-electron chi connectivity index (χ3n) is 5.77. The normalized spacial score (nSPS) is 12.6. The average molecular weight is 399 g/mol. The number of phenols is 2. The Labute approximate surface area is 176 Å². The van der Waals surface area contributed by atoms with Gasteiger partial charge in [-0.25, -0.2) is 0 Å². The van der Waals surface area contributed by atoms with Gasteiger partial charge in [-0.2, -0.15) is 0 Å². The quantitative estimate of drug-likeness (QED) is 0.561. The zero-order valence-corrected chi connectivity index (χ0v) is 19.3. The van der Waals surface area contributed by atoms with Crippen LogP contribution >= 0.6 is 0 Å². The van der Waals surface area contributed by atoms with Gasteiger partial charge in [-0.3, -0.25) is 0 Å². The van der Waals surface area contributed by atoms with Crippen molar-refractivity contribution in [1.82, 2.24) is 0 Å². The molecule has 0 aliphatic carbocycles. The molecular weight excluding hydrogens is 360 g/mol. The Bertz CT molecular complexity index is 797. The Kier molecular flexibility index (Phi) is 6.74. The Morgan fingerprint density at radius 2 is 1.10 bits per heavy atom. The smallest absolute Gasteiger partial charge is 0.119 e. The first-order valence-corrected chi connectivity index (χ1v) is 10.6. The van der Waals surface area contributed by atoms with Gasteiger partial charge in [0.25, 0.3) is 0 Å². The molecule has 0 aromatic heterocycles. The number of hydrogen-bond acceptors (Lipinski definition) is 3. The lowest BCUT2D eigenvalue weighted by Gasteiger charge is -2.28. The summed E-state index contributed by atoms with van der Waals surface area (Å²) in [7, 11) is 0. The number of hydrogen-bond donors (Lipinski definition) is 3. The van der Waals surface area contributed by atoms with Crippen molar-refractivity contribution >= 4 is 0 Å². The van der Waals surface area contributed by atoms with Gasteiger partial charge in [0.15, 0.2) is 0 Å². The van der Waals surface area contributed by atoms with Gasteiger partial charge in [0.2, 0.25) is 0 Å². The number of aromatic hydroxyl groups is 2. The molecule has 3 nitrogen and oxygen atoms in total.